The Morgan fingerprint density at radius 3 is 2.45 bits per heavy atom. The summed E-state index contributed by atoms with van der Waals surface area (Å²) in [6, 6.07) is 0. The summed E-state index contributed by atoms with van der Waals surface area (Å²) in [7, 11) is 1.59. The monoisotopic (exact) mass is 161 g/mol. The fraction of sp³-hybridized carbons (Fsp3) is 1.00. The van der Waals surface area contributed by atoms with E-state index in [0.717, 1.165) is 0 Å². The summed E-state index contributed by atoms with van der Waals surface area (Å²) in [5.74, 6) is 0.0902. The topological polar surface area (TPSA) is 55.5 Å². The summed E-state index contributed by atoms with van der Waals surface area (Å²) >= 11 is 0. The summed E-state index contributed by atoms with van der Waals surface area (Å²) in [4.78, 5) is 0. The maximum Gasteiger partial charge on any atom is 0.0914 e. The van der Waals surface area contributed by atoms with E-state index in [0.29, 0.717) is 19.6 Å². The Kier molecular flexibility index (Phi) is 4.65. The Hall–Kier alpha value is -0.120. The molecule has 0 aromatic rings. The number of nitrogens with two attached hydrogens (primary N) is 1. The molecule has 0 aliphatic carbocycles. The molecule has 0 aliphatic rings. The zero-order valence-electron chi connectivity index (χ0n) is 7.63. The minimum absolute atomic E-state index is 0.0902. The molecule has 0 aromatic heterocycles. The van der Waals surface area contributed by atoms with Gasteiger partial charge in [-0.3, -0.25) is 0 Å². The van der Waals surface area contributed by atoms with Crippen LogP contribution in [0.1, 0.15) is 20.3 Å². The molecule has 0 rings (SSSR count). The first-order valence-electron chi connectivity index (χ1n) is 4.02. The molecule has 0 radical (unpaired) electrons. The Balaban J connectivity index is 4.07. The molecule has 0 aliphatic heterocycles. The van der Waals surface area contributed by atoms with Gasteiger partial charge in [0.25, 0.3) is 0 Å². The number of rotatable bonds is 5. The first-order valence-corrected chi connectivity index (χ1v) is 4.02. The van der Waals surface area contributed by atoms with Gasteiger partial charge in [0.05, 0.1) is 12.2 Å². The van der Waals surface area contributed by atoms with E-state index in [1.807, 2.05) is 13.8 Å². The van der Waals surface area contributed by atoms with E-state index in [9.17, 15) is 5.11 Å². The predicted octanol–water partition coefficient (Wildman–Crippen LogP) is 0.369. The van der Waals surface area contributed by atoms with E-state index < -0.39 is 5.60 Å². The lowest BCUT2D eigenvalue weighted by Crippen LogP contribution is -2.43. The van der Waals surface area contributed by atoms with E-state index in [1.54, 1.807) is 7.11 Å². The largest absolute Gasteiger partial charge is 0.387 e. The highest BCUT2D eigenvalue weighted by atomic mass is 16.5. The average molecular weight is 161 g/mol. The third-order valence-corrected chi connectivity index (χ3v) is 2.28. The number of ether oxygens (including phenoxy) is 1. The summed E-state index contributed by atoms with van der Waals surface area (Å²) in [6.07, 6.45) is 0.680. The molecule has 11 heavy (non-hydrogen) atoms. The van der Waals surface area contributed by atoms with Crippen molar-refractivity contribution in [2.45, 2.75) is 25.9 Å². The second-order valence-electron chi connectivity index (χ2n) is 3.03. The highest BCUT2D eigenvalue weighted by molar-refractivity contribution is 4.82. The zero-order valence-corrected chi connectivity index (χ0v) is 7.63. The molecule has 2 unspecified atom stereocenters. The smallest absolute Gasteiger partial charge is 0.0914 e. The molecule has 0 amide bonds. The number of hydrogen-bond donors (Lipinski definition) is 2. The van der Waals surface area contributed by atoms with Crippen LogP contribution in [0.3, 0.4) is 0 Å². The summed E-state index contributed by atoms with van der Waals surface area (Å²) in [5, 5.41) is 9.88. The van der Waals surface area contributed by atoms with Crippen LogP contribution < -0.4 is 5.73 Å². The lowest BCUT2D eigenvalue weighted by molar-refractivity contribution is -0.0690. The van der Waals surface area contributed by atoms with Crippen LogP contribution >= 0.6 is 0 Å². The van der Waals surface area contributed by atoms with Crippen molar-refractivity contribution in [3.8, 4) is 0 Å². The Bertz CT molecular complexity index is 108. The second kappa shape index (κ2) is 4.70. The molecule has 3 N–H and O–H groups in total. The van der Waals surface area contributed by atoms with Crippen LogP contribution in [0.15, 0.2) is 0 Å². The van der Waals surface area contributed by atoms with Crippen LogP contribution in [-0.4, -0.2) is 31.0 Å². The second-order valence-corrected chi connectivity index (χ2v) is 3.03. The molecule has 0 bridgehead atoms. The Morgan fingerprint density at radius 1 is 1.64 bits per heavy atom. The lowest BCUT2D eigenvalue weighted by Gasteiger charge is -2.31. The van der Waals surface area contributed by atoms with Crippen LogP contribution in [0.25, 0.3) is 0 Å². The molecule has 0 heterocycles. The molecule has 0 saturated carbocycles. The van der Waals surface area contributed by atoms with E-state index >= 15 is 0 Å². The standard InChI is InChI=1S/C8H19NO2/c1-4-8(10,6-11-3)7(2)5-9/h7,10H,4-6,9H2,1-3H3. The van der Waals surface area contributed by atoms with Gasteiger partial charge < -0.3 is 15.6 Å². The Labute approximate surface area is 68.5 Å². The van der Waals surface area contributed by atoms with Crippen molar-refractivity contribution in [1.29, 1.82) is 0 Å². The third-order valence-electron chi connectivity index (χ3n) is 2.28. The maximum atomic E-state index is 9.88. The summed E-state index contributed by atoms with van der Waals surface area (Å²) in [5.41, 5.74) is 4.70. The normalized spacial score (nSPS) is 19.4. The summed E-state index contributed by atoms with van der Waals surface area (Å²) < 4.78 is 4.92. The van der Waals surface area contributed by atoms with Gasteiger partial charge in [-0.05, 0) is 18.9 Å². The van der Waals surface area contributed by atoms with Crippen molar-refractivity contribution < 1.29 is 9.84 Å². The number of methoxy groups -OCH3 is 1. The molecule has 0 saturated heterocycles. The van der Waals surface area contributed by atoms with E-state index in [4.69, 9.17) is 10.5 Å². The molecule has 0 aromatic carbocycles. The molecule has 3 nitrogen and oxygen atoms in total. The van der Waals surface area contributed by atoms with Crippen LogP contribution in [0, 0.1) is 5.92 Å². The predicted molar refractivity (Wildman–Crippen MR) is 45.3 cm³/mol. The highest BCUT2D eigenvalue weighted by Gasteiger charge is 2.30. The van der Waals surface area contributed by atoms with Crippen molar-refractivity contribution in [2.24, 2.45) is 11.7 Å². The van der Waals surface area contributed by atoms with Gasteiger partial charge in [-0.2, -0.15) is 0 Å². The van der Waals surface area contributed by atoms with Gasteiger partial charge in [0, 0.05) is 7.11 Å². The van der Waals surface area contributed by atoms with Crippen LogP contribution in [-0.2, 0) is 4.74 Å². The van der Waals surface area contributed by atoms with E-state index in [-0.39, 0.29) is 5.92 Å². The van der Waals surface area contributed by atoms with Gasteiger partial charge in [0.2, 0.25) is 0 Å². The molecule has 2 atom stereocenters. The fourth-order valence-corrected chi connectivity index (χ4v) is 1.06. The minimum Gasteiger partial charge on any atom is -0.387 e. The first kappa shape index (κ1) is 10.9. The maximum absolute atomic E-state index is 9.88. The average Bonchev–Trinajstić information content (AvgIpc) is 2.03. The van der Waals surface area contributed by atoms with Crippen LogP contribution in [0.5, 0.6) is 0 Å². The van der Waals surface area contributed by atoms with Gasteiger partial charge >= 0.3 is 0 Å². The quantitative estimate of drug-likeness (QED) is 0.612. The van der Waals surface area contributed by atoms with Crippen molar-refractivity contribution in [1.82, 2.24) is 0 Å². The Morgan fingerprint density at radius 2 is 2.18 bits per heavy atom. The number of aliphatic hydroxyl groups is 1. The zero-order chi connectivity index (χ0) is 8.91. The number of hydrogen-bond acceptors (Lipinski definition) is 3. The van der Waals surface area contributed by atoms with Gasteiger partial charge in [-0.1, -0.05) is 13.8 Å². The molecule has 0 spiro atoms. The minimum atomic E-state index is -0.747. The van der Waals surface area contributed by atoms with Crippen molar-refractivity contribution in [3.05, 3.63) is 0 Å². The van der Waals surface area contributed by atoms with Gasteiger partial charge in [-0.25, -0.2) is 0 Å². The van der Waals surface area contributed by atoms with Crippen molar-refractivity contribution in [2.75, 3.05) is 20.3 Å². The van der Waals surface area contributed by atoms with Crippen molar-refractivity contribution in [3.63, 3.8) is 0 Å². The van der Waals surface area contributed by atoms with E-state index in [2.05, 4.69) is 0 Å². The molecular weight excluding hydrogens is 142 g/mol. The molecule has 3 heteroatoms. The molecular formula is C8H19NO2. The fourth-order valence-electron chi connectivity index (χ4n) is 1.06. The van der Waals surface area contributed by atoms with Crippen LogP contribution in [0.2, 0.25) is 0 Å². The van der Waals surface area contributed by atoms with Gasteiger partial charge in [0.1, 0.15) is 0 Å². The van der Waals surface area contributed by atoms with Crippen LogP contribution in [0.4, 0.5) is 0 Å². The molecule has 0 fully saturated rings. The van der Waals surface area contributed by atoms with E-state index in [1.165, 1.54) is 0 Å². The van der Waals surface area contributed by atoms with Gasteiger partial charge in [-0.15, -0.1) is 0 Å². The lowest BCUT2D eigenvalue weighted by atomic mass is 9.87. The van der Waals surface area contributed by atoms with Gasteiger partial charge in [0.15, 0.2) is 0 Å². The third kappa shape index (κ3) is 2.77. The van der Waals surface area contributed by atoms with Crippen molar-refractivity contribution >= 4 is 0 Å². The molecule has 68 valence electrons. The highest BCUT2D eigenvalue weighted by Crippen LogP contribution is 2.20. The SMILES string of the molecule is CCC(O)(COC)C(C)CN. The first-order chi connectivity index (χ1) is 5.10. The summed E-state index contributed by atoms with van der Waals surface area (Å²) in [6.45, 7) is 4.73.